The van der Waals surface area contributed by atoms with E-state index >= 15 is 0 Å². The smallest absolute Gasteiger partial charge is 0.0713 e. The van der Waals surface area contributed by atoms with Crippen LogP contribution in [0.3, 0.4) is 0 Å². The van der Waals surface area contributed by atoms with E-state index in [4.69, 9.17) is 4.98 Å². The number of hydrogen-bond acceptors (Lipinski definition) is 1. The lowest BCUT2D eigenvalue weighted by molar-refractivity contribution is 1.15. The Morgan fingerprint density at radius 3 is 1.94 bits per heavy atom. The Balaban J connectivity index is 3.03. The molecule has 16 heavy (non-hydrogen) atoms. The van der Waals surface area contributed by atoms with Crippen LogP contribution >= 0.6 is 0 Å². The molecular weight excluding hydrogens is 194 g/mol. The van der Waals surface area contributed by atoms with Gasteiger partial charge in [-0.3, -0.25) is 4.98 Å². The van der Waals surface area contributed by atoms with Crippen LogP contribution in [0.15, 0.2) is 6.07 Å². The zero-order chi connectivity index (χ0) is 12.0. The van der Waals surface area contributed by atoms with Gasteiger partial charge in [0.2, 0.25) is 0 Å². The second-order valence-corrected chi connectivity index (χ2v) is 4.78. The molecule has 84 valence electrons. The first-order valence-corrected chi connectivity index (χ1v) is 5.77. The second kappa shape index (κ2) is 3.58. The summed E-state index contributed by atoms with van der Waals surface area (Å²) >= 11 is 0. The third-order valence-corrected chi connectivity index (χ3v) is 3.91. The lowest BCUT2D eigenvalue weighted by Crippen LogP contribution is -1.98. The summed E-state index contributed by atoms with van der Waals surface area (Å²) in [5, 5.41) is 1.34. The minimum atomic E-state index is 1.14. The Hall–Kier alpha value is -1.37. The first-order chi connectivity index (χ1) is 7.43. The van der Waals surface area contributed by atoms with Gasteiger partial charge in [0.05, 0.1) is 5.52 Å². The number of rotatable bonds is 0. The normalized spacial score (nSPS) is 11.1. The molecule has 2 aromatic rings. The van der Waals surface area contributed by atoms with E-state index in [1.807, 2.05) is 0 Å². The quantitative estimate of drug-likeness (QED) is 0.642. The Bertz CT molecular complexity index is 531. The van der Waals surface area contributed by atoms with Crippen molar-refractivity contribution in [3.8, 4) is 0 Å². The summed E-state index contributed by atoms with van der Waals surface area (Å²) in [5.74, 6) is 0. The Labute approximate surface area is 97.5 Å². The predicted octanol–water partition coefficient (Wildman–Crippen LogP) is 4.09. The van der Waals surface area contributed by atoms with E-state index < -0.39 is 0 Å². The third-order valence-electron chi connectivity index (χ3n) is 3.91. The van der Waals surface area contributed by atoms with Crippen LogP contribution in [0.4, 0.5) is 0 Å². The number of pyridine rings is 1. The maximum atomic E-state index is 4.70. The number of aryl methyl sites for hydroxylation is 4. The maximum absolute atomic E-state index is 4.70. The van der Waals surface area contributed by atoms with Crippen LogP contribution in [0.5, 0.6) is 0 Å². The molecular formula is C15H19N. The molecule has 1 aromatic heterocycles. The molecule has 0 aliphatic heterocycles. The summed E-state index contributed by atoms with van der Waals surface area (Å²) in [7, 11) is 0. The monoisotopic (exact) mass is 213 g/mol. The first kappa shape index (κ1) is 11.1. The van der Waals surface area contributed by atoms with E-state index in [1.54, 1.807) is 0 Å². The molecule has 0 amide bonds. The Kier molecular flexibility index (Phi) is 2.49. The summed E-state index contributed by atoms with van der Waals surface area (Å²) in [6, 6.07) is 2.21. The molecule has 0 atom stereocenters. The minimum absolute atomic E-state index is 1.14. The number of benzene rings is 1. The van der Waals surface area contributed by atoms with E-state index in [9.17, 15) is 0 Å². The van der Waals surface area contributed by atoms with Crippen LogP contribution in [0, 0.1) is 41.5 Å². The van der Waals surface area contributed by atoms with Gasteiger partial charge in [0.25, 0.3) is 0 Å². The summed E-state index contributed by atoms with van der Waals surface area (Å²) in [6.07, 6.45) is 0. The van der Waals surface area contributed by atoms with Gasteiger partial charge in [0, 0.05) is 11.1 Å². The van der Waals surface area contributed by atoms with Gasteiger partial charge in [-0.1, -0.05) is 0 Å². The van der Waals surface area contributed by atoms with Crippen molar-refractivity contribution in [2.24, 2.45) is 0 Å². The predicted molar refractivity (Wildman–Crippen MR) is 70.2 cm³/mol. The van der Waals surface area contributed by atoms with Gasteiger partial charge in [-0.25, -0.2) is 0 Å². The van der Waals surface area contributed by atoms with Gasteiger partial charge >= 0.3 is 0 Å². The highest BCUT2D eigenvalue weighted by molar-refractivity contribution is 5.88. The van der Waals surface area contributed by atoms with Gasteiger partial charge in [-0.05, 0) is 75.4 Å². The van der Waals surface area contributed by atoms with Crippen molar-refractivity contribution < 1.29 is 0 Å². The van der Waals surface area contributed by atoms with Crippen LogP contribution in [-0.2, 0) is 0 Å². The molecule has 0 unspecified atom stereocenters. The SMILES string of the molecule is Cc1cc2nc(C)c(C)c(C)c2c(C)c1C. The summed E-state index contributed by atoms with van der Waals surface area (Å²) in [5.41, 5.74) is 9.08. The molecule has 0 bridgehead atoms. The van der Waals surface area contributed by atoms with Crippen molar-refractivity contribution in [2.75, 3.05) is 0 Å². The lowest BCUT2D eigenvalue weighted by atomic mass is 9.94. The molecule has 1 heterocycles. The van der Waals surface area contributed by atoms with Crippen molar-refractivity contribution in [3.05, 3.63) is 39.6 Å². The largest absolute Gasteiger partial charge is 0.253 e. The van der Waals surface area contributed by atoms with Gasteiger partial charge < -0.3 is 0 Å². The van der Waals surface area contributed by atoms with Gasteiger partial charge in [0.15, 0.2) is 0 Å². The van der Waals surface area contributed by atoms with Crippen molar-refractivity contribution >= 4 is 10.9 Å². The number of fused-ring (bicyclic) bond motifs is 1. The average molecular weight is 213 g/mol. The Morgan fingerprint density at radius 2 is 1.31 bits per heavy atom. The molecule has 2 rings (SSSR count). The third kappa shape index (κ3) is 1.42. The molecule has 0 aliphatic carbocycles. The minimum Gasteiger partial charge on any atom is -0.253 e. The molecule has 1 aromatic carbocycles. The van der Waals surface area contributed by atoms with E-state index in [0.717, 1.165) is 11.2 Å². The fourth-order valence-electron chi connectivity index (χ4n) is 2.35. The molecule has 1 heteroatoms. The van der Waals surface area contributed by atoms with Crippen LogP contribution in [0.2, 0.25) is 0 Å². The molecule has 0 saturated carbocycles. The molecule has 0 spiro atoms. The topological polar surface area (TPSA) is 12.9 Å². The molecule has 0 saturated heterocycles. The highest BCUT2D eigenvalue weighted by Crippen LogP contribution is 2.28. The van der Waals surface area contributed by atoms with E-state index in [1.165, 1.54) is 33.2 Å². The molecule has 1 nitrogen and oxygen atoms in total. The number of nitrogens with zero attached hydrogens (tertiary/aromatic N) is 1. The first-order valence-electron chi connectivity index (χ1n) is 5.77. The van der Waals surface area contributed by atoms with Gasteiger partial charge in [-0.15, -0.1) is 0 Å². The Morgan fingerprint density at radius 1 is 0.750 bits per heavy atom. The average Bonchev–Trinajstić information content (AvgIpc) is 2.23. The highest BCUT2D eigenvalue weighted by atomic mass is 14.7. The highest BCUT2D eigenvalue weighted by Gasteiger charge is 2.10. The fraction of sp³-hybridized carbons (Fsp3) is 0.400. The van der Waals surface area contributed by atoms with Crippen molar-refractivity contribution in [2.45, 2.75) is 41.5 Å². The summed E-state index contributed by atoms with van der Waals surface area (Å²) in [6.45, 7) is 13.0. The maximum Gasteiger partial charge on any atom is 0.0713 e. The van der Waals surface area contributed by atoms with Crippen molar-refractivity contribution in [1.29, 1.82) is 0 Å². The van der Waals surface area contributed by atoms with E-state index in [-0.39, 0.29) is 0 Å². The van der Waals surface area contributed by atoms with Crippen LogP contribution < -0.4 is 0 Å². The van der Waals surface area contributed by atoms with Gasteiger partial charge in [-0.2, -0.15) is 0 Å². The number of hydrogen-bond donors (Lipinski definition) is 0. The molecule has 0 aliphatic rings. The summed E-state index contributed by atoms with van der Waals surface area (Å²) in [4.78, 5) is 4.70. The lowest BCUT2D eigenvalue weighted by Gasteiger charge is -2.14. The van der Waals surface area contributed by atoms with Crippen molar-refractivity contribution in [1.82, 2.24) is 4.98 Å². The number of aromatic nitrogens is 1. The van der Waals surface area contributed by atoms with Crippen molar-refractivity contribution in [3.63, 3.8) is 0 Å². The zero-order valence-corrected chi connectivity index (χ0v) is 11.0. The standard InChI is InChI=1S/C15H19N/c1-8-7-14-15(11(4)9(8)2)12(5)10(3)13(6)16-14/h7H,1-6H3. The molecule has 0 fully saturated rings. The van der Waals surface area contributed by atoms with Crippen LogP contribution in [-0.4, -0.2) is 4.98 Å². The molecule has 0 N–H and O–H groups in total. The van der Waals surface area contributed by atoms with Crippen LogP contribution in [0.25, 0.3) is 10.9 Å². The molecule has 0 radical (unpaired) electrons. The van der Waals surface area contributed by atoms with Crippen LogP contribution in [0.1, 0.15) is 33.5 Å². The van der Waals surface area contributed by atoms with E-state index in [0.29, 0.717) is 0 Å². The summed E-state index contributed by atoms with van der Waals surface area (Å²) < 4.78 is 0. The van der Waals surface area contributed by atoms with E-state index in [2.05, 4.69) is 47.6 Å². The zero-order valence-electron chi connectivity index (χ0n) is 11.0. The fourth-order valence-corrected chi connectivity index (χ4v) is 2.35. The van der Waals surface area contributed by atoms with Gasteiger partial charge in [0.1, 0.15) is 0 Å². The second-order valence-electron chi connectivity index (χ2n) is 4.78.